The summed E-state index contributed by atoms with van der Waals surface area (Å²) in [4.78, 5) is 140. The Morgan fingerprint density at radius 1 is 0.427 bits per heavy atom. The number of nitrogens with zero attached hydrogens (tertiary/aromatic N) is 7. The standard InChI is InChI=1S/C55H78N12O18S4/c1-6-39(68)29-79-31-54(35-82-41(70)8-3,32-80-30-40(69)7-2)33-81-34-55(36-83-42(71)9-4,37-84-43(72)10-5)38-85-48(75)58-25-19-13-16-22-28-67-52(77)65(26-20-14-11-17-23-56-44(73)59-46-61-63-49(86)88-46)51(76)66(53(67)78)27-21-15-12-18-24-57-45(74)60-47-62-64-50(87)89-47/h6-10H,1-5,11-38H2,(H,58,75)(H,63,86)(H,64,87)(H2,56,59,61,73)(H2,57,60,62,74). The lowest BCUT2D eigenvalue weighted by Crippen LogP contribution is -2.54. The highest BCUT2D eigenvalue weighted by Crippen LogP contribution is 2.26. The van der Waals surface area contributed by atoms with Crippen LogP contribution in [0.1, 0.15) is 77.0 Å². The number of hydrogen-bond acceptors (Lipinski definition) is 26. The number of ether oxygens (including phenoxy) is 7. The fourth-order valence-electron chi connectivity index (χ4n) is 7.87. The summed E-state index contributed by atoms with van der Waals surface area (Å²) < 4.78 is 43.1. The molecule has 5 N–H and O–H groups in total. The van der Waals surface area contributed by atoms with Crippen LogP contribution < -0.4 is 43.7 Å². The van der Waals surface area contributed by atoms with Crippen LogP contribution in [0.3, 0.4) is 0 Å². The van der Waals surface area contributed by atoms with Crippen molar-refractivity contribution in [3.63, 3.8) is 0 Å². The number of carbonyl (C=O) groups excluding carboxylic acids is 8. The molecule has 89 heavy (non-hydrogen) atoms. The molecule has 0 atom stereocenters. The van der Waals surface area contributed by atoms with Crippen LogP contribution in [0.15, 0.2) is 86.3 Å². The number of amides is 5. The molecule has 490 valence electrons. The molecule has 0 bridgehead atoms. The second kappa shape index (κ2) is 42.3. The highest BCUT2D eigenvalue weighted by Gasteiger charge is 2.40. The lowest BCUT2D eigenvalue weighted by Gasteiger charge is -2.35. The number of esters is 3. The topological polar surface area (TPSA) is 379 Å². The monoisotopic (exact) mass is 1320 g/mol. The van der Waals surface area contributed by atoms with Crippen molar-refractivity contribution >= 4 is 106 Å². The summed E-state index contributed by atoms with van der Waals surface area (Å²) in [5.74, 6) is -3.56. The maximum atomic E-state index is 13.8. The largest absolute Gasteiger partial charge is 0.462 e. The average Bonchev–Trinajstić information content (AvgIpc) is 2.55. The number of ketones is 2. The van der Waals surface area contributed by atoms with Gasteiger partial charge in [0.2, 0.25) is 10.3 Å². The minimum Gasteiger partial charge on any atom is -0.462 e. The van der Waals surface area contributed by atoms with Crippen molar-refractivity contribution in [3.05, 3.63) is 94.7 Å². The summed E-state index contributed by atoms with van der Waals surface area (Å²) in [6, 6.07) is -0.897. The maximum absolute atomic E-state index is 13.8. The molecule has 30 nitrogen and oxygen atoms in total. The molecular weight excluding hydrogens is 1240 g/mol. The third-order valence-corrected chi connectivity index (χ3v) is 14.6. The van der Waals surface area contributed by atoms with Crippen molar-refractivity contribution < 1.29 is 71.5 Å². The smallest absolute Gasteiger partial charge is 0.407 e. The Morgan fingerprint density at radius 2 is 0.753 bits per heavy atom. The van der Waals surface area contributed by atoms with Crippen molar-refractivity contribution in [1.82, 2.24) is 50.0 Å². The van der Waals surface area contributed by atoms with E-state index in [9.17, 15) is 52.7 Å². The Labute approximate surface area is 532 Å². The molecule has 0 aromatic carbocycles. The number of thiol groups is 2. The predicted octanol–water partition coefficient (Wildman–Crippen LogP) is 4.22. The molecule has 3 aromatic heterocycles. The molecule has 34 heteroatoms. The van der Waals surface area contributed by atoms with Crippen LogP contribution in [-0.2, 0) is 76.8 Å². The summed E-state index contributed by atoms with van der Waals surface area (Å²) in [7, 11) is 0. The van der Waals surface area contributed by atoms with Crippen LogP contribution in [0.2, 0.25) is 0 Å². The fraction of sp³-hybridized carbons (Fsp3) is 0.545. The van der Waals surface area contributed by atoms with Gasteiger partial charge in [0.1, 0.15) is 39.6 Å². The van der Waals surface area contributed by atoms with E-state index < -0.39 is 128 Å². The quantitative estimate of drug-likeness (QED) is 0.0104. The summed E-state index contributed by atoms with van der Waals surface area (Å²) in [6.07, 6.45) is 10.3. The molecule has 0 saturated heterocycles. The summed E-state index contributed by atoms with van der Waals surface area (Å²) in [5, 5.41) is 28.9. The van der Waals surface area contributed by atoms with Crippen molar-refractivity contribution in [2.75, 3.05) is 96.3 Å². The van der Waals surface area contributed by atoms with Crippen LogP contribution in [0.25, 0.3) is 0 Å². The van der Waals surface area contributed by atoms with E-state index in [0.717, 1.165) is 66.8 Å². The first-order valence-corrected chi connectivity index (χ1v) is 30.7. The third-order valence-electron chi connectivity index (χ3n) is 12.6. The first-order chi connectivity index (χ1) is 42.7. The molecule has 0 aliphatic carbocycles. The Hall–Kier alpha value is -7.63. The highest BCUT2D eigenvalue weighted by molar-refractivity contribution is 7.83. The number of hydrogen-bond donors (Lipinski definition) is 7. The molecule has 0 radical (unpaired) electrons. The SMILES string of the molecule is C=CC(=O)COCC(COCC(=O)C=C)(COCC(COC(=O)C=C)(COC(=O)C=C)COC(=O)NCCCCCCn1c(=O)n(CCCCCCNC(=O)Nc2nnc(S)s2)c(=O)n(CCCCCCNC(=O)Nc2nnc(S)s2)c1=O)COC(=O)C=C. The van der Waals surface area contributed by atoms with Gasteiger partial charge in [-0.05, 0) is 50.7 Å². The third kappa shape index (κ3) is 30.0. The molecule has 3 rings (SSSR count). The van der Waals surface area contributed by atoms with Crippen molar-refractivity contribution in [2.45, 2.75) is 105 Å². The van der Waals surface area contributed by atoms with Gasteiger partial charge >= 0.3 is 53.1 Å². The molecule has 0 fully saturated rings. The number of rotatable bonds is 48. The van der Waals surface area contributed by atoms with Gasteiger partial charge in [0.25, 0.3) is 0 Å². The number of aromatic nitrogens is 7. The number of urea groups is 2. The van der Waals surface area contributed by atoms with E-state index in [0.29, 0.717) is 109 Å². The Kier molecular flexibility index (Phi) is 36.0. The van der Waals surface area contributed by atoms with E-state index in [2.05, 4.69) is 105 Å². The van der Waals surface area contributed by atoms with Gasteiger partial charge < -0.3 is 49.1 Å². The Bertz CT molecular complexity index is 2890. The molecule has 3 heterocycles. The molecule has 0 spiro atoms. The Morgan fingerprint density at radius 3 is 1.09 bits per heavy atom. The zero-order valence-corrected chi connectivity index (χ0v) is 52.8. The van der Waals surface area contributed by atoms with Gasteiger partial charge in [-0.15, -0.1) is 45.7 Å². The van der Waals surface area contributed by atoms with Gasteiger partial charge in [-0.25, -0.2) is 56.9 Å². The Balaban J connectivity index is 1.67. The van der Waals surface area contributed by atoms with Crippen LogP contribution in [0.5, 0.6) is 0 Å². The van der Waals surface area contributed by atoms with Gasteiger partial charge in [0.15, 0.2) is 20.2 Å². The molecule has 3 aromatic rings. The number of carbonyl (C=O) groups is 8. The normalized spacial score (nSPS) is 11.1. The second-order valence-electron chi connectivity index (χ2n) is 19.8. The fourth-order valence-corrected chi connectivity index (χ4v) is 9.44. The van der Waals surface area contributed by atoms with E-state index in [1.165, 1.54) is 0 Å². The van der Waals surface area contributed by atoms with Crippen LogP contribution >= 0.6 is 47.9 Å². The zero-order valence-electron chi connectivity index (χ0n) is 49.4. The van der Waals surface area contributed by atoms with E-state index in [1.807, 2.05) is 0 Å². The van der Waals surface area contributed by atoms with Crippen LogP contribution in [0, 0.1) is 10.8 Å². The van der Waals surface area contributed by atoms with Gasteiger partial charge in [0, 0.05) is 57.5 Å². The maximum Gasteiger partial charge on any atom is 0.407 e. The van der Waals surface area contributed by atoms with Gasteiger partial charge in [-0.3, -0.25) is 20.2 Å². The summed E-state index contributed by atoms with van der Waals surface area (Å²) in [5.41, 5.74) is -5.25. The zero-order chi connectivity index (χ0) is 65.5. The number of unbranched alkanes of at least 4 members (excludes halogenated alkanes) is 9. The van der Waals surface area contributed by atoms with Gasteiger partial charge in [-0.1, -0.05) is 94.1 Å². The number of anilines is 2. The molecule has 0 saturated carbocycles. The summed E-state index contributed by atoms with van der Waals surface area (Å²) >= 11 is 10.4. The van der Waals surface area contributed by atoms with Gasteiger partial charge in [-0.2, -0.15) is 0 Å². The van der Waals surface area contributed by atoms with Crippen molar-refractivity contribution in [1.29, 1.82) is 0 Å². The van der Waals surface area contributed by atoms with Crippen LogP contribution in [0.4, 0.5) is 24.6 Å². The first-order valence-electron chi connectivity index (χ1n) is 28.1. The highest BCUT2D eigenvalue weighted by atomic mass is 32.2. The lowest BCUT2D eigenvalue weighted by atomic mass is 9.90. The molecule has 0 unspecified atom stereocenters. The number of alkyl carbamates (subject to hydrolysis) is 1. The second-order valence-corrected chi connectivity index (χ2v) is 23.3. The predicted molar refractivity (Wildman–Crippen MR) is 334 cm³/mol. The van der Waals surface area contributed by atoms with E-state index >= 15 is 0 Å². The molecular formula is C55H78N12O18S4. The molecule has 5 amide bonds. The summed E-state index contributed by atoms with van der Waals surface area (Å²) in [6.45, 7) is 13.4. The lowest BCUT2D eigenvalue weighted by molar-refractivity contribution is -0.163. The minimum atomic E-state index is -1.62. The van der Waals surface area contributed by atoms with E-state index in [1.54, 1.807) is 0 Å². The number of nitrogens with one attached hydrogen (secondary N) is 5. The van der Waals surface area contributed by atoms with Crippen molar-refractivity contribution in [2.24, 2.45) is 10.8 Å². The first kappa shape index (κ1) is 75.6. The van der Waals surface area contributed by atoms with Gasteiger partial charge in [0.05, 0.1) is 37.3 Å². The average molecular weight is 1320 g/mol. The molecule has 0 aliphatic heterocycles. The van der Waals surface area contributed by atoms with E-state index in [-0.39, 0.29) is 39.4 Å². The van der Waals surface area contributed by atoms with E-state index in [4.69, 9.17) is 33.2 Å². The van der Waals surface area contributed by atoms with Crippen LogP contribution in [-0.4, -0.2) is 167 Å². The minimum absolute atomic E-state index is 0.00424. The van der Waals surface area contributed by atoms with Crippen molar-refractivity contribution in [3.8, 4) is 0 Å². The molecule has 0 aliphatic rings.